The summed E-state index contributed by atoms with van der Waals surface area (Å²) in [6.07, 6.45) is 0. The molecule has 0 heterocycles. The van der Waals surface area contributed by atoms with E-state index >= 15 is 0 Å². The topological polar surface area (TPSA) is 46.2 Å². The van der Waals surface area contributed by atoms with Crippen molar-refractivity contribution in [3.8, 4) is 0 Å². The summed E-state index contributed by atoms with van der Waals surface area (Å²) >= 11 is 5.54. The third-order valence-electron chi connectivity index (χ3n) is 2.30. The largest absolute Gasteiger partial charge is 0.277 e. The van der Waals surface area contributed by atoms with Crippen molar-refractivity contribution in [3.63, 3.8) is 0 Å². The van der Waals surface area contributed by atoms with Crippen LogP contribution in [0.5, 0.6) is 0 Å². The predicted molar refractivity (Wildman–Crippen MR) is 68.6 cm³/mol. The molecule has 19 heavy (non-hydrogen) atoms. The molecule has 0 aromatic heterocycles. The van der Waals surface area contributed by atoms with Gasteiger partial charge in [0.15, 0.2) is 5.82 Å². The Kier molecular flexibility index (Phi) is 3.73. The van der Waals surface area contributed by atoms with Crippen molar-refractivity contribution < 1.29 is 17.2 Å². The van der Waals surface area contributed by atoms with Gasteiger partial charge in [0, 0.05) is 0 Å². The standard InChI is InChI=1S/C12H8ClF2NO2S/c13-10-5-2-6-11(12(10)15)16-19(17,18)9-4-1-3-8(14)7-9/h1-7,16H. The monoisotopic (exact) mass is 303 g/mol. The minimum Gasteiger partial charge on any atom is -0.277 e. The lowest BCUT2D eigenvalue weighted by molar-refractivity contribution is 0.593. The molecule has 0 atom stereocenters. The summed E-state index contributed by atoms with van der Waals surface area (Å²) in [4.78, 5) is -0.299. The molecule has 0 saturated carbocycles. The van der Waals surface area contributed by atoms with Crippen LogP contribution in [0.25, 0.3) is 0 Å². The van der Waals surface area contributed by atoms with Gasteiger partial charge in [0.1, 0.15) is 5.82 Å². The molecule has 100 valence electrons. The van der Waals surface area contributed by atoms with Crippen molar-refractivity contribution in [2.24, 2.45) is 0 Å². The van der Waals surface area contributed by atoms with Crippen molar-refractivity contribution in [2.45, 2.75) is 4.90 Å². The predicted octanol–water partition coefficient (Wildman–Crippen LogP) is 3.42. The van der Waals surface area contributed by atoms with Crippen LogP contribution in [0.2, 0.25) is 5.02 Å². The first kappa shape index (κ1) is 13.8. The van der Waals surface area contributed by atoms with E-state index in [9.17, 15) is 17.2 Å². The normalized spacial score (nSPS) is 11.3. The van der Waals surface area contributed by atoms with Crippen LogP contribution < -0.4 is 4.72 Å². The summed E-state index contributed by atoms with van der Waals surface area (Å²) in [7, 11) is -4.06. The van der Waals surface area contributed by atoms with Crippen LogP contribution in [0, 0.1) is 11.6 Å². The van der Waals surface area contributed by atoms with Crippen molar-refractivity contribution in [1.29, 1.82) is 0 Å². The summed E-state index contributed by atoms with van der Waals surface area (Å²) < 4.78 is 52.5. The Morgan fingerprint density at radius 3 is 2.42 bits per heavy atom. The summed E-state index contributed by atoms with van der Waals surface area (Å²) in [6, 6.07) is 8.31. The van der Waals surface area contributed by atoms with Gasteiger partial charge in [-0.15, -0.1) is 0 Å². The minimum absolute atomic E-state index is 0.209. The second-order valence-corrected chi connectivity index (χ2v) is 5.75. The number of anilines is 1. The van der Waals surface area contributed by atoms with Gasteiger partial charge >= 0.3 is 0 Å². The number of sulfonamides is 1. The molecule has 0 bridgehead atoms. The maximum absolute atomic E-state index is 13.6. The number of hydrogen-bond donors (Lipinski definition) is 1. The van der Waals surface area contributed by atoms with Gasteiger partial charge in [-0.2, -0.15) is 0 Å². The van der Waals surface area contributed by atoms with Crippen LogP contribution in [-0.4, -0.2) is 8.42 Å². The zero-order valence-corrected chi connectivity index (χ0v) is 11.0. The lowest BCUT2D eigenvalue weighted by Crippen LogP contribution is -2.14. The first-order chi connectivity index (χ1) is 8.90. The fourth-order valence-corrected chi connectivity index (χ4v) is 2.69. The molecule has 0 aliphatic rings. The Hall–Kier alpha value is -1.66. The van der Waals surface area contributed by atoms with Gasteiger partial charge in [0.05, 0.1) is 15.6 Å². The lowest BCUT2D eigenvalue weighted by atomic mass is 10.3. The van der Waals surface area contributed by atoms with E-state index in [0.29, 0.717) is 0 Å². The second-order valence-electron chi connectivity index (χ2n) is 3.66. The number of rotatable bonds is 3. The maximum atomic E-state index is 13.6. The van der Waals surface area contributed by atoms with Gasteiger partial charge in [0.25, 0.3) is 10.0 Å². The van der Waals surface area contributed by atoms with Crippen LogP contribution in [0.1, 0.15) is 0 Å². The van der Waals surface area contributed by atoms with Gasteiger partial charge in [-0.05, 0) is 30.3 Å². The molecular weight excluding hydrogens is 296 g/mol. The fraction of sp³-hybridized carbons (Fsp3) is 0. The Morgan fingerprint density at radius 2 is 1.74 bits per heavy atom. The Labute approximate surface area is 113 Å². The van der Waals surface area contributed by atoms with E-state index in [2.05, 4.69) is 0 Å². The molecular formula is C12H8ClF2NO2S. The molecule has 0 fully saturated rings. The summed E-state index contributed by atoms with van der Waals surface area (Å²) in [6.45, 7) is 0. The molecule has 2 aromatic rings. The highest BCUT2D eigenvalue weighted by atomic mass is 35.5. The summed E-state index contributed by atoms with van der Waals surface area (Å²) in [5.41, 5.74) is -0.295. The van der Waals surface area contributed by atoms with E-state index in [0.717, 1.165) is 12.1 Å². The van der Waals surface area contributed by atoms with E-state index in [1.165, 1.54) is 30.3 Å². The smallest absolute Gasteiger partial charge is 0.262 e. The van der Waals surface area contributed by atoms with E-state index < -0.39 is 21.7 Å². The van der Waals surface area contributed by atoms with Crippen LogP contribution >= 0.6 is 11.6 Å². The van der Waals surface area contributed by atoms with Gasteiger partial charge in [0.2, 0.25) is 0 Å². The number of benzene rings is 2. The van der Waals surface area contributed by atoms with Crippen LogP contribution in [-0.2, 0) is 10.0 Å². The highest BCUT2D eigenvalue weighted by Gasteiger charge is 2.17. The van der Waals surface area contributed by atoms with Gasteiger partial charge in [-0.3, -0.25) is 4.72 Å². The number of nitrogens with one attached hydrogen (secondary N) is 1. The first-order valence-electron chi connectivity index (χ1n) is 5.12. The SMILES string of the molecule is O=S(=O)(Nc1cccc(Cl)c1F)c1cccc(F)c1. The Balaban J connectivity index is 2.39. The zero-order valence-electron chi connectivity index (χ0n) is 9.40. The molecule has 0 aliphatic heterocycles. The summed E-state index contributed by atoms with van der Waals surface area (Å²) in [5.74, 6) is -1.58. The second kappa shape index (κ2) is 5.14. The van der Waals surface area contributed by atoms with E-state index in [1.807, 2.05) is 4.72 Å². The fourth-order valence-electron chi connectivity index (χ4n) is 1.42. The third-order valence-corrected chi connectivity index (χ3v) is 3.96. The van der Waals surface area contributed by atoms with Crippen LogP contribution in [0.4, 0.5) is 14.5 Å². The van der Waals surface area contributed by atoms with Crippen molar-refractivity contribution in [2.75, 3.05) is 4.72 Å². The Bertz CT molecular complexity index is 719. The molecule has 7 heteroatoms. The van der Waals surface area contributed by atoms with E-state index in [-0.39, 0.29) is 15.6 Å². The first-order valence-corrected chi connectivity index (χ1v) is 6.99. The molecule has 1 N–H and O–H groups in total. The van der Waals surface area contributed by atoms with Crippen molar-refractivity contribution in [1.82, 2.24) is 0 Å². The van der Waals surface area contributed by atoms with Crippen molar-refractivity contribution in [3.05, 3.63) is 59.1 Å². The summed E-state index contributed by atoms with van der Waals surface area (Å²) in [5, 5.41) is -0.209. The van der Waals surface area contributed by atoms with Gasteiger partial charge in [-0.1, -0.05) is 23.7 Å². The lowest BCUT2D eigenvalue weighted by Gasteiger charge is -2.09. The molecule has 0 amide bonds. The van der Waals surface area contributed by atoms with Crippen LogP contribution in [0.15, 0.2) is 47.4 Å². The highest BCUT2D eigenvalue weighted by Crippen LogP contribution is 2.24. The third kappa shape index (κ3) is 3.02. The Morgan fingerprint density at radius 1 is 1.05 bits per heavy atom. The van der Waals surface area contributed by atoms with Crippen LogP contribution in [0.3, 0.4) is 0 Å². The van der Waals surface area contributed by atoms with Gasteiger partial charge in [-0.25, -0.2) is 17.2 Å². The number of halogens is 3. The molecule has 2 aromatic carbocycles. The maximum Gasteiger partial charge on any atom is 0.262 e. The average molecular weight is 304 g/mol. The molecule has 0 aliphatic carbocycles. The molecule has 0 radical (unpaired) electrons. The zero-order chi connectivity index (χ0) is 14.0. The van der Waals surface area contributed by atoms with Gasteiger partial charge < -0.3 is 0 Å². The minimum atomic E-state index is -4.06. The number of hydrogen-bond acceptors (Lipinski definition) is 2. The van der Waals surface area contributed by atoms with Crippen molar-refractivity contribution >= 4 is 27.3 Å². The average Bonchev–Trinajstić information content (AvgIpc) is 2.35. The van der Waals surface area contributed by atoms with E-state index in [4.69, 9.17) is 11.6 Å². The molecule has 2 rings (SSSR count). The molecule has 0 unspecified atom stereocenters. The highest BCUT2D eigenvalue weighted by molar-refractivity contribution is 7.92. The molecule has 0 saturated heterocycles. The molecule has 0 spiro atoms. The quantitative estimate of drug-likeness (QED) is 0.944. The molecule has 3 nitrogen and oxygen atoms in total. The van der Waals surface area contributed by atoms with E-state index in [1.54, 1.807) is 0 Å².